The molecular weight excluding hydrogens is 458 g/mol. The minimum Gasteiger partial charge on any atom is -0.379 e. The smallest absolute Gasteiger partial charge is 0.273 e. The number of hydrogen-bond donors (Lipinski definition) is 2. The summed E-state index contributed by atoms with van der Waals surface area (Å²) in [5.41, 5.74) is 0.306. The van der Waals surface area contributed by atoms with Crippen molar-refractivity contribution in [1.82, 2.24) is 25.0 Å². The van der Waals surface area contributed by atoms with E-state index in [0.29, 0.717) is 37.4 Å². The molecule has 0 radical (unpaired) electrons. The minimum absolute atomic E-state index is 0.0802. The van der Waals surface area contributed by atoms with Gasteiger partial charge in [-0.1, -0.05) is 12.1 Å². The normalized spacial score (nSPS) is 27.1. The van der Waals surface area contributed by atoms with Gasteiger partial charge in [-0.05, 0) is 39.0 Å². The summed E-state index contributed by atoms with van der Waals surface area (Å²) in [6.07, 6.45) is 4.06. The second-order valence-corrected chi connectivity index (χ2v) is 11.8. The Morgan fingerprint density at radius 3 is 2.68 bits per heavy atom. The highest BCUT2D eigenvalue weighted by atomic mass is 32.2. The molecule has 4 rings (SSSR count). The Morgan fingerprint density at radius 2 is 1.97 bits per heavy atom. The van der Waals surface area contributed by atoms with Gasteiger partial charge in [-0.3, -0.25) is 9.69 Å². The fraction of sp³-hybridized carbons (Fsp3) is 0.826. The highest BCUT2D eigenvalue weighted by molar-refractivity contribution is 7.89. The first kappa shape index (κ1) is 25.6. The second-order valence-electron chi connectivity index (χ2n) is 9.79. The van der Waals surface area contributed by atoms with Gasteiger partial charge in [-0.25, -0.2) is 8.42 Å². The number of carbonyl (C=O) groups excluding carboxylic acids is 1. The zero-order chi connectivity index (χ0) is 24.1. The molecule has 0 unspecified atom stereocenters. The minimum atomic E-state index is -3.41. The van der Waals surface area contributed by atoms with E-state index in [4.69, 9.17) is 9.26 Å². The van der Waals surface area contributed by atoms with Crippen molar-refractivity contribution in [2.24, 2.45) is 0 Å². The van der Waals surface area contributed by atoms with Crippen molar-refractivity contribution in [2.45, 2.75) is 70.0 Å². The first-order chi connectivity index (χ1) is 16.4. The van der Waals surface area contributed by atoms with Gasteiger partial charge in [0.15, 0.2) is 5.69 Å². The number of carbonyl (C=O) groups is 1. The first-order valence-corrected chi connectivity index (χ1v) is 14.3. The predicted molar refractivity (Wildman–Crippen MR) is 128 cm³/mol. The Labute approximate surface area is 202 Å². The topological polar surface area (TPSA) is 117 Å². The molecule has 11 heteroatoms. The summed E-state index contributed by atoms with van der Waals surface area (Å²) >= 11 is 0. The summed E-state index contributed by atoms with van der Waals surface area (Å²) in [4.78, 5) is 15.0. The number of amides is 1. The fourth-order valence-corrected chi connectivity index (χ4v) is 7.02. The van der Waals surface area contributed by atoms with Crippen LogP contribution in [0.1, 0.15) is 68.1 Å². The van der Waals surface area contributed by atoms with Crippen molar-refractivity contribution in [3.8, 4) is 0 Å². The molecule has 3 atom stereocenters. The van der Waals surface area contributed by atoms with Gasteiger partial charge in [0.1, 0.15) is 5.76 Å². The van der Waals surface area contributed by atoms with E-state index < -0.39 is 10.0 Å². The molecule has 3 heterocycles. The van der Waals surface area contributed by atoms with Crippen LogP contribution in [0, 0.1) is 0 Å². The fourth-order valence-electron chi connectivity index (χ4n) is 5.08. The van der Waals surface area contributed by atoms with E-state index in [0.717, 1.165) is 58.0 Å². The number of ether oxygens (including phenoxy) is 1. The van der Waals surface area contributed by atoms with Crippen LogP contribution in [0.2, 0.25) is 0 Å². The van der Waals surface area contributed by atoms with Crippen LogP contribution in [0.25, 0.3) is 0 Å². The lowest BCUT2D eigenvalue weighted by Crippen LogP contribution is -2.56. The van der Waals surface area contributed by atoms with Gasteiger partial charge in [0.05, 0.1) is 19.0 Å². The van der Waals surface area contributed by atoms with Crippen LogP contribution in [0.5, 0.6) is 0 Å². The largest absolute Gasteiger partial charge is 0.379 e. The average Bonchev–Trinajstić information content (AvgIpc) is 3.54. The molecule has 2 aliphatic heterocycles. The summed E-state index contributed by atoms with van der Waals surface area (Å²) < 4.78 is 38.7. The number of hydrogen-bond acceptors (Lipinski definition) is 8. The van der Waals surface area contributed by atoms with Gasteiger partial charge in [-0.15, -0.1) is 0 Å². The summed E-state index contributed by atoms with van der Waals surface area (Å²) in [6.45, 7) is 9.43. The lowest BCUT2D eigenvalue weighted by molar-refractivity contribution is 0.0385. The Hall–Kier alpha value is -1.53. The van der Waals surface area contributed by atoms with Gasteiger partial charge in [0, 0.05) is 62.8 Å². The molecule has 3 aliphatic rings. The standard InChI is InChI=1S/C23H39N5O5S/c1-3-20-15-19(25-23(29)21-16-22(33-26-21)18-4-5-18)14-17(2)28(20)34(30,31)13-7-24-6-8-27-9-11-32-12-10-27/h16-20,24H,3-15H2,1-2H3,(H,25,29)/t17-,19+,20+/m1/s1. The summed E-state index contributed by atoms with van der Waals surface area (Å²) in [7, 11) is -3.41. The Morgan fingerprint density at radius 1 is 1.21 bits per heavy atom. The van der Waals surface area contributed by atoms with Crippen LogP contribution < -0.4 is 10.6 Å². The summed E-state index contributed by atoms with van der Waals surface area (Å²) in [5.74, 6) is 1.02. The lowest BCUT2D eigenvalue weighted by atomic mass is 9.93. The maximum absolute atomic E-state index is 13.2. The number of nitrogens with one attached hydrogen (secondary N) is 2. The van der Waals surface area contributed by atoms with E-state index in [1.165, 1.54) is 0 Å². The van der Waals surface area contributed by atoms with Crippen LogP contribution >= 0.6 is 0 Å². The highest BCUT2D eigenvalue weighted by Gasteiger charge is 2.40. The number of nitrogens with zero attached hydrogens (tertiary/aromatic N) is 3. The van der Waals surface area contributed by atoms with Gasteiger partial charge < -0.3 is 19.9 Å². The number of morpholine rings is 1. The van der Waals surface area contributed by atoms with E-state index >= 15 is 0 Å². The van der Waals surface area contributed by atoms with E-state index in [1.807, 2.05) is 13.8 Å². The number of sulfonamides is 1. The van der Waals surface area contributed by atoms with Crippen molar-refractivity contribution in [1.29, 1.82) is 0 Å². The third kappa shape index (κ3) is 6.57. The van der Waals surface area contributed by atoms with Gasteiger partial charge >= 0.3 is 0 Å². The van der Waals surface area contributed by atoms with Crippen molar-refractivity contribution in [2.75, 3.05) is 51.7 Å². The monoisotopic (exact) mass is 497 g/mol. The summed E-state index contributed by atoms with van der Waals surface area (Å²) in [5, 5.41) is 10.3. The quantitative estimate of drug-likeness (QED) is 0.438. The Bertz CT molecular complexity index is 913. The molecule has 2 saturated heterocycles. The van der Waals surface area contributed by atoms with Crippen molar-refractivity contribution < 1.29 is 22.5 Å². The molecule has 1 saturated carbocycles. The molecule has 10 nitrogen and oxygen atoms in total. The molecular formula is C23H39N5O5S. The molecule has 1 amide bonds. The molecule has 1 aromatic rings. The van der Waals surface area contributed by atoms with Gasteiger partial charge in [0.2, 0.25) is 10.0 Å². The van der Waals surface area contributed by atoms with E-state index in [2.05, 4.69) is 20.7 Å². The summed E-state index contributed by atoms with van der Waals surface area (Å²) in [6, 6.07) is 1.33. The van der Waals surface area contributed by atoms with E-state index in [1.54, 1.807) is 10.4 Å². The third-order valence-corrected chi connectivity index (χ3v) is 9.11. The lowest BCUT2D eigenvalue weighted by Gasteiger charge is -2.42. The average molecular weight is 498 g/mol. The zero-order valence-electron chi connectivity index (χ0n) is 20.4. The molecule has 2 N–H and O–H groups in total. The van der Waals surface area contributed by atoms with Crippen LogP contribution in [0.15, 0.2) is 10.6 Å². The van der Waals surface area contributed by atoms with Crippen LogP contribution in [0.3, 0.4) is 0 Å². The second kappa shape index (κ2) is 11.5. The van der Waals surface area contributed by atoms with E-state index in [-0.39, 0.29) is 29.8 Å². The molecule has 1 aliphatic carbocycles. The molecule has 3 fully saturated rings. The van der Waals surface area contributed by atoms with E-state index in [9.17, 15) is 13.2 Å². The molecule has 0 aromatic carbocycles. The maximum atomic E-state index is 13.2. The molecule has 192 valence electrons. The van der Waals surface area contributed by atoms with Crippen LogP contribution in [-0.2, 0) is 14.8 Å². The third-order valence-electron chi connectivity index (χ3n) is 7.09. The number of rotatable bonds is 11. The van der Waals surface area contributed by atoms with Crippen molar-refractivity contribution in [3.05, 3.63) is 17.5 Å². The van der Waals surface area contributed by atoms with Crippen molar-refractivity contribution >= 4 is 15.9 Å². The number of piperidine rings is 1. The van der Waals surface area contributed by atoms with Crippen molar-refractivity contribution in [3.63, 3.8) is 0 Å². The maximum Gasteiger partial charge on any atom is 0.273 e. The zero-order valence-corrected chi connectivity index (χ0v) is 21.2. The SMILES string of the molecule is CC[C@H]1C[C@@H](NC(=O)c2cc(C3CC3)on2)C[C@@H](C)N1S(=O)(=O)CCNCCN1CCOCC1. The Kier molecular flexibility index (Phi) is 8.62. The number of aromatic nitrogens is 1. The van der Waals surface area contributed by atoms with Crippen LogP contribution in [0.4, 0.5) is 0 Å². The van der Waals surface area contributed by atoms with Crippen LogP contribution in [-0.4, -0.2) is 98.5 Å². The van der Waals surface area contributed by atoms with Gasteiger partial charge in [0.25, 0.3) is 5.91 Å². The molecule has 0 bridgehead atoms. The molecule has 0 spiro atoms. The molecule has 1 aromatic heterocycles. The van der Waals surface area contributed by atoms with Gasteiger partial charge in [-0.2, -0.15) is 4.31 Å². The highest BCUT2D eigenvalue weighted by Crippen LogP contribution is 2.40. The first-order valence-electron chi connectivity index (χ1n) is 12.7. The Balaban J connectivity index is 1.25. The predicted octanol–water partition coefficient (Wildman–Crippen LogP) is 1.16. The molecule has 34 heavy (non-hydrogen) atoms.